The maximum absolute atomic E-state index is 10.2. The van der Waals surface area contributed by atoms with Gasteiger partial charge in [0.05, 0.1) is 0 Å². The normalized spacial score (nSPS) is 15.4. The molecule has 0 N–H and O–H groups in total. The second-order valence-corrected chi connectivity index (χ2v) is 4.27. The predicted molar refractivity (Wildman–Crippen MR) is 67.3 cm³/mol. The van der Waals surface area contributed by atoms with Crippen LogP contribution in [0.15, 0.2) is 35.9 Å². The van der Waals surface area contributed by atoms with Gasteiger partial charge in [0.2, 0.25) is 0 Å². The fraction of sp³-hybridized carbons (Fsp3) is 0.267. The van der Waals surface area contributed by atoms with E-state index in [0.29, 0.717) is 0 Å². The van der Waals surface area contributed by atoms with Crippen LogP contribution >= 0.6 is 0 Å². The topological polar surface area (TPSA) is 17.1 Å². The number of rotatable bonds is 3. The molecule has 0 unspecified atom stereocenters. The molecule has 0 aromatic heterocycles. The fourth-order valence-corrected chi connectivity index (χ4v) is 2.18. The largest absolute Gasteiger partial charge is 0.299 e. The van der Waals surface area contributed by atoms with E-state index in [1.807, 2.05) is 13.0 Å². The lowest BCUT2D eigenvalue weighted by atomic mass is 10.0. The van der Waals surface area contributed by atoms with Crippen molar-refractivity contribution in [2.75, 3.05) is 0 Å². The van der Waals surface area contributed by atoms with E-state index in [-0.39, 0.29) is 0 Å². The van der Waals surface area contributed by atoms with Crippen molar-refractivity contribution in [2.45, 2.75) is 26.2 Å². The van der Waals surface area contributed by atoms with Gasteiger partial charge in [-0.05, 0) is 49.0 Å². The Balaban J connectivity index is 2.22. The van der Waals surface area contributed by atoms with Crippen LogP contribution in [0, 0.1) is 0 Å². The number of carbonyl (C=O) groups is 1. The minimum absolute atomic E-state index is 0.806. The summed E-state index contributed by atoms with van der Waals surface area (Å²) in [4.78, 5) is 10.2. The molecule has 0 radical (unpaired) electrons. The SMILES string of the molecule is CC(/C=C/C=O)=C\c1ccc2c(c1)CCC2. The first-order chi connectivity index (χ1) is 7.79. The van der Waals surface area contributed by atoms with E-state index in [2.05, 4.69) is 24.3 Å². The second kappa shape index (κ2) is 4.93. The van der Waals surface area contributed by atoms with Crippen molar-refractivity contribution >= 4 is 12.4 Å². The first kappa shape index (κ1) is 10.9. The smallest absolute Gasteiger partial charge is 0.142 e. The van der Waals surface area contributed by atoms with Crippen molar-refractivity contribution in [2.24, 2.45) is 0 Å². The first-order valence-electron chi connectivity index (χ1n) is 5.71. The number of benzene rings is 1. The molecule has 0 atom stereocenters. The third-order valence-electron chi connectivity index (χ3n) is 2.95. The molecule has 0 saturated heterocycles. The monoisotopic (exact) mass is 212 g/mol. The Hall–Kier alpha value is -1.63. The molecule has 0 bridgehead atoms. The average molecular weight is 212 g/mol. The van der Waals surface area contributed by atoms with E-state index in [1.54, 1.807) is 0 Å². The Kier molecular flexibility index (Phi) is 3.35. The average Bonchev–Trinajstić information content (AvgIpc) is 2.73. The van der Waals surface area contributed by atoms with Gasteiger partial charge in [0.1, 0.15) is 6.29 Å². The highest BCUT2D eigenvalue weighted by Crippen LogP contribution is 2.23. The summed E-state index contributed by atoms with van der Waals surface area (Å²) in [5, 5.41) is 0. The molecule has 1 aromatic carbocycles. The van der Waals surface area contributed by atoms with Gasteiger partial charge in [-0.25, -0.2) is 0 Å². The van der Waals surface area contributed by atoms with Crippen LogP contribution in [0.1, 0.15) is 30.0 Å². The summed E-state index contributed by atoms with van der Waals surface area (Å²) < 4.78 is 0. The molecule has 0 heterocycles. The van der Waals surface area contributed by atoms with Crippen LogP contribution in [0.3, 0.4) is 0 Å². The molecule has 1 aliphatic rings. The van der Waals surface area contributed by atoms with Gasteiger partial charge in [-0.15, -0.1) is 0 Å². The van der Waals surface area contributed by atoms with Crippen LogP contribution in [-0.2, 0) is 17.6 Å². The van der Waals surface area contributed by atoms with E-state index in [4.69, 9.17) is 0 Å². The summed E-state index contributed by atoms with van der Waals surface area (Å²) >= 11 is 0. The van der Waals surface area contributed by atoms with Crippen molar-refractivity contribution < 1.29 is 4.79 Å². The highest BCUT2D eigenvalue weighted by atomic mass is 16.1. The second-order valence-electron chi connectivity index (χ2n) is 4.27. The van der Waals surface area contributed by atoms with E-state index in [9.17, 15) is 4.79 Å². The number of fused-ring (bicyclic) bond motifs is 1. The molecule has 16 heavy (non-hydrogen) atoms. The minimum Gasteiger partial charge on any atom is -0.299 e. The molecule has 0 fully saturated rings. The number of hydrogen-bond acceptors (Lipinski definition) is 1. The number of aryl methyl sites for hydroxylation is 2. The third-order valence-corrected chi connectivity index (χ3v) is 2.95. The van der Waals surface area contributed by atoms with Crippen LogP contribution < -0.4 is 0 Å². The van der Waals surface area contributed by atoms with Crippen molar-refractivity contribution in [3.8, 4) is 0 Å². The Bertz CT molecular complexity index is 453. The van der Waals surface area contributed by atoms with Crippen molar-refractivity contribution in [1.29, 1.82) is 0 Å². The molecule has 0 aliphatic heterocycles. The maximum atomic E-state index is 10.2. The zero-order valence-electron chi connectivity index (χ0n) is 9.57. The molecule has 82 valence electrons. The van der Waals surface area contributed by atoms with Gasteiger partial charge in [-0.1, -0.05) is 35.9 Å². The van der Waals surface area contributed by atoms with Crippen LogP contribution in [-0.4, -0.2) is 6.29 Å². The Morgan fingerprint density at radius 3 is 2.88 bits per heavy atom. The molecule has 0 amide bonds. The molecule has 0 saturated carbocycles. The van der Waals surface area contributed by atoms with Gasteiger partial charge in [-0.3, -0.25) is 4.79 Å². The Morgan fingerprint density at radius 1 is 1.25 bits per heavy atom. The van der Waals surface area contributed by atoms with Gasteiger partial charge in [-0.2, -0.15) is 0 Å². The van der Waals surface area contributed by atoms with Crippen LogP contribution in [0.25, 0.3) is 6.08 Å². The summed E-state index contributed by atoms with van der Waals surface area (Å²) in [7, 11) is 0. The van der Waals surface area contributed by atoms with Gasteiger partial charge in [0, 0.05) is 0 Å². The number of allylic oxidation sites excluding steroid dienone is 3. The highest BCUT2D eigenvalue weighted by molar-refractivity contribution is 5.67. The zero-order chi connectivity index (χ0) is 11.4. The minimum atomic E-state index is 0.806. The molecule has 0 spiro atoms. The third kappa shape index (κ3) is 2.48. The summed E-state index contributed by atoms with van der Waals surface area (Å²) in [5.41, 5.74) is 5.32. The summed E-state index contributed by atoms with van der Waals surface area (Å²) in [6.07, 6.45) is 9.99. The summed E-state index contributed by atoms with van der Waals surface area (Å²) in [6, 6.07) is 6.65. The van der Waals surface area contributed by atoms with Crippen LogP contribution in [0.2, 0.25) is 0 Å². The lowest BCUT2D eigenvalue weighted by molar-refractivity contribution is -0.104. The fourth-order valence-electron chi connectivity index (χ4n) is 2.18. The first-order valence-corrected chi connectivity index (χ1v) is 5.71. The van der Waals surface area contributed by atoms with Crippen LogP contribution in [0.5, 0.6) is 0 Å². The van der Waals surface area contributed by atoms with Gasteiger partial charge < -0.3 is 0 Å². The van der Waals surface area contributed by atoms with Crippen molar-refractivity contribution in [3.05, 3.63) is 52.6 Å². The molecule has 1 heteroatoms. The number of aldehydes is 1. The van der Waals surface area contributed by atoms with E-state index in [0.717, 1.165) is 11.9 Å². The molecule has 1 aliphatic carbocycles. The molecule has 1 nitrogen and oxygen atoms in total. The zero-order valence-corrected chi connectivity index (χ0v) is 9.57. The van der Waals surface area contributed by atoms with Gasteiger partial charge in [0.15, 0.2) is 0 Å². The van der Waals surface area contributed by atoms with Crippen molar-refractivity contribution in [1.82, 2.24) is 0 Å². The quantitative estimate of drug-likeness (QED) is 0.426. The Labute approximate surface area is 96.5 Å². The molecule has 2 rings (SSSR count). The molecule has 1 aromatic rings. The van der Waals surface area contributed by atoms with Crippen molar-refractivity contribution in [3.63, 3.8) is 0 Å². The standard InChI is InChI=1S/C15H16O/c1-12(4-3-9-16)10-13-7-8-14-5-2-6-15(14)11-13/h3-4,7-11H,2,5-6H2,1H3/b4-3+,12-10+. The van der Waals surface area contributed by atoms with E-state index in [1.165, 1.54) is 42.0 Å². The molecular formula is C15H16O. The number of hydrogen-bond donors (Lipinski definition) is 0. The Morgan fingerprint density at radius 2 is 2.06 bits per heavy atom. The van der Waals surface area contributed by atoms with E-state index < -0.39 is 0 Å². The van der Waals surface area contributed by atoms with Gasteiger partial charge >= 0.3 is 0 Å². The lowest BCUT2D eigenvalue weighted by Crippen LogP contribution is -1.83. The molecular weight excluding hydrogens is 196 g/mol. The highest BCUT2D eigenvalue weighted by Gasteiger charge is 2.09. The van der Waals surface area contributed by atoms with Crippen LogP contribution in [0.4, 0.5) is 0 Å². The summed E-state index contributed by atoms with van der Waals surface area (Å²) in [6.45, 7) is 2.01. The lowest BCUT2D eigenvalue weighted by Gasteiger charge is -2.01. The number of carbonyl (C=O) groups excluding carboxylic acids is 1. The summed E-state index contributed by atoms with van der Waals surface area (Å²) in [5.74, 6) is 0. The van der Waals surface area contributed by atoms with Gasteiger partial charge in [0.25, 0.3) is 0 Å². The van der Waals surface area contributed by atoms with E-state index >= 15 is 0 Å². The maximum Gasteiger partial charge on any atom is 0.142 e. The predicted octanol–water partition coefficient (Wildman–Crippen LogP) is 3.33.